The number of hydrogen-bond donors (Lipinski definition) is 1. The molecule has 0 radical (unpaired) electrons. The van der Waals surface area contributed by atoms with E-state index in [4.69, 9.17) is 4.74 Å². The number of carbonyl (C=O) groups is 2. The van der Waals surface area contributed by atoms with Crippen LogP contribution < -0.4 is 15.0 Å². The molecule has 2 amide bonds. The number of nitrogens with zero attached hydrogens (tertiary/aromatic N) is 3. The van der Waals surface area contributed by atoms with Crippen LogP contribution in [0.25, 0.3) is 11.0 Å². The van der Waals surface area contributed by atoms with Crippen molar-refractivity contribution in [3.05, 3.63) is 42.0 Å². The van der Waals surface area contributed by atoms with Crippen molar-refractivity contribution in [2.24, 2.45) is 11.3 Å². The lowest BCUT2D eigenvalue weighted by Gasteiger charge is -2.29. The Balaban J connectivity index is 1.62. The van der Waals surface area contributed by atoms with Crippen molar-refractivity contribution in [1.29, 1.82) is 0 Å². The van der Waals surface area contributed by atoms with Crippen molar-refractivity contribution in [2.45, 2.75) is 27.7 Å². The summed E-state index contributed by atoms with van der Waals surface area (Å²) in [6.45, 7) is 8.82. The van der Waals surface area contributed by atoms with Gasteiger partial charge in [-0.2, -0.15) is 8.75 Å². The van der Waals surface area contributed by atoms with E-state index in [2.05, 4.69) is 27.9 Å². The molecule has 0 saturated heterocycles. The van der Waals surface area contributed by atoms with Crippen molar-refractivity contribution in [2.75, 3.05) is 23.4 Å². The van der Waals surface area contributed by atoms with E-state index in [1.807, 2.05) is 19.9 Å². The van der Waals surface area contributed by atoms with Gasteiger partial charge in [-0.3, -0.25) is 9.59 Å². The molecule has 0 aliphatic carbocycles. The van der Waals surface area contributed by atoms with Crippen LogP contribution >= 0.6 is 11.7 Å². The predicted molar refractivity (Wildman–Crippen MR) is 118 cm³/mol. The van der Waals surface area contributed by atoms with E-state index in [0.717, 1.165) is 22.9 Å². The summed E-state index contributed by atoms with van der Waals surface area (Å²) in [5.74, 6) is 0.697. The molecular weight excluding hydrogens is 400 g/mol. The quantitative estimate of drug-likeness (QED) is 0.673. The van der Waals surface area contributed by atoms with E-state index in [-0.39, 0.29) is 18.4 Å². The number of rotatable bonds is 4. The van der Waals surface area contributed by atoms with E-state index < -0.39 is 5.41 Å². The second-order valence-electron chi connectivity index (χ2n) is 8.59. The average molecular weight is 425 g/mol. The van der Waals surface area contributed by atoms with Crippen LogP contribution in [0.4, 0.5) is 11.4 Å². The summed E-state index contributed by atoms with van der Waals surface area (Å²) in [6.07, 6.45) is 0. The molecule has 0 unspecified atom stereocenters. The van der Waals surface area contributed by atoms with Gasteiger partial charge in [0.1, 0.15) is 23.4 Å². The normalized spacial score (nSPS) is 15.6. The van der Waals surface area contributed by atoms with Crippen LogP contribution in [0, 0.1) is 11.3 Å². The molecule has 1 N–H and O–H groups in total. The Labute approximate surface area is 179 Å². The number of anilines is 2. The highest BCUT2D eigenvalue weighted by Crippen LogP contribution is 2.38. The standard InChI is InChI=1S/C22H24N4O3S/c1-13(2)11-26-18-8-6-15(10-19(18)29-12-22(3,4)21(26)28)23-20(27)14-5-7-16-17(9-14)25-30-24-16/h5-10,13H,11-12H2,1-4H3,(H,23,27). The maximum atomic E-state index is 13.1. The molecule has 1 aromatic heterocycles. The largest absolute Gasteiger partial charge is 0.490 e. The maximum absolute atomic E-state index is 13.1. The van der Waals surface area contributed by atoms with Gasteiger partial charge in [0.25, 0.3) is 5.91 Å². The van der Waals surface area contributed by atoms with E-state index >= 15 is 0 Å². The Morgan fingerprint density at radius 3 is 2.73 bits per heavy atom. The molecule has 8 heteroatoms. The third kappa shape index (κ3) is 3.87. The van der Waals surface area contributed by atoms with E-state index in [1.54, 1.807) is 35.2 Å². The molecule has 1 aliphatic heterocycles. The van der Waals surface area contributed by atoms with Gasteiger partial charge in [-0.1, -0.05) is 13.8 Å². The molecule has 7 nitrogen and oxygen atoms in total. The van der Waals surface area contributed by atoms with E-state index in [0.29, 0.717) is 35.0 Å². The molecule has 4 rings (SSSR count). The Morgan fingerprint density at radius 2 is 1.97 bits per heavy atom. The SMILES string of the molecule is CC(C)CN1C(=O)C(C)(C)COc2cc(NC(=O)c3ccc4nsnc4c3)ccc21. The lowest BCUT2D eigenvalue weighted by atomic mass is 9.92. The van der Waals surface area contributed by atoms with E-state index in [1.165, 1.54) is 0 Å². The van der Waals surface area contributed by atoms with Crippen LogP contribution in [0.3, 0.4) is 0 Å². The first-order chi connectivity index (χ1) is 14.2. The highest BCUT2D eigenvalue weighted by Gasteiger charge is 2.38. The first-order valence-corrected chi connectivity index (χ1v) is 10.6. The minimum atomic E-state index is -0.631. The van der Waals surface area contributed by atoms with Gasteiger partial charge >= 0.3 is 0 Å². The minimum absolute atomic E-state index is 0.0388. The minimum Gasteiger partial charge on any atom is -0.490 e. The van der Waals surface area contributed by atoms with Crippen LogP contribution in [0.2, 0.25) is 0 Å². The van der Waals surface area contributed by atoms with Crippen molar-refractivity contribution in [3.8, 4) is 5.75 Å². The Morgan fingerprint density at radius 1 is 1.20 bits per heavy atom. The van der Waals surface area contributed by atoms with Gasteiger partial charge in [0.05, 0.1) is 22.8 Å². The van der Waals surface area contributed by atoms with Crippen LogP contribution in [-0.4, -0.2) is 33.7 Å². The second kappa shape index (κ2) is 7.68. The highest BCUT2D eigenvalue weighted by molar-refractivity contribution is 7.00. The van der Waals surface area contributed by atoms with Gasteiger partial charge < -0.3 is 15.0 Å². The molecule has 156 valence electrons. The molecule has 0 atom stereocenters. The zero-order valence-electron chi connectivity index (χ0n) is 17.4. The van der Waals surface area contributed by atoms with Crippen molar-refractivity contribution in [3.63, 3.8) is 0 Å². The number of benzene rings is 2. The van der Waals surface area contributed by atoms with Gasteiger partial charge in [0, 0.05) is 23.9 Å². The van der Waals surface area contributed by atoms with Gasteiger partial charge in [-0.25, -0.2) is 0 Å². The van der Waals surface area contributed by atoms with Crippen LogP contribution in [0.1, 0.15) is 38.1 Å². The van der Waals surface area contributed by atoms with Crippen molar-refractivity contribution >= 4 is 46.0 Å². The highest BCUT2D eigenvalue weighted by atomic mass is 32.1. The van der Waals surface area contributed by atoms with Gasteiger partial charge in [-0.05, 0) is 50.1 Å². The summed E-state index contributed by atoms with van der Waals surface area (Å²) >= 11 is 1.12. The molecule has 0 bridgehead atoms. The fraction of sp³-hybridized carbons (Fsp3) is 0.364. The van der Waals surface area contributed by atoms with Crippen LogP contribution in [0.15, 0.2) is 36.4 Å². The zero-order valence-corrected chi connectivity index (χ0v) is 18.2. The number of ether oxygens (including phenoxy) is 1. The smallest absolute Gasteiger partial charge is 0.255 e. The van der Waals surface area contributed by atoms with Crippen molar-refractivity contribution in [1.82, 2.24) is 8.75 Å². The third-order valence-electron chi connectivity index (χ3n) is 4.98. The molecule has 2 heterocycles. The summed E-state index contributed by atoms with van der Waals surface area (Å²) in [5.41, 5.74) is 2.67. The fourth-order valence-corrected chi connectivity index (χ4v) is 3.92. The van der Waals surface area contributed by atoms with Gasteiger partial charge in [0.15, 0.2) is 0 Å². The topological polar surface area (TPSA) is 84.4 Å². The molecule has 0 spiro atoms. The lowest BCUT2D eigenvalue weighted by Crippen LogP contribution is -2.43. The second-order valence-corrected chi connectivity index (χ2v) is 9.11. The molecule has 1 aliphatic rings. The molecular formula is C22H24N4O3S. The molecule has 30 heavy (non-hydrogen) atoms. The van der Waals surface area contributed by atoms with Crippen LogP contribution in [0.5, 0.6) is 5.75 Å². The molecule has 3 aromatic rings. The Hall–Kier alpha value is -3.00. The summed E-state index contributed by atoms with van der Waals surface area (Å²) < 4.78 is 14.3. The van der Waals surface area contributed by atoms with E-state index in [9.17, 15) is 9.59 Å². The van der Waals surface area contributed by atoms with Crippen molar-refractivity contribution < 1.29 is 14.3 Å². The Bertz CT molecular complexity index is 1120. The number of nitrogens with one attached hydrogen (secondary N) is 1. The van der Waals surface area contributed by atoms with Gasteiger partial charge in [-0.15, -0.1) is 0 Å². The fourth-order valence-electron chi connectivity index (χ4n) is 3.40. The predicted octanol–water partition coefficient (Wildman–Crippen LogP) is 4.35. The lowest BCUT2D eigenvalue weighted by molar-refractivity contribution is -0.127. The number of carbonyl (C=O) groups excluding carboxylic acids is 2. The summed E-state index contributed by atoms with van der Waals surface area (Å²) in [4.78, 5) is 27.6. The average Bonchev–Trinajstić information content (AvgIpc) is 3.15. The number of fused-ring (bicyclic) bond motifs is 2. The molecule has 0 saturated carbocycles. The third-order valence-corrected chi connectivity index (χ3v) is 5.54. The Kier molecular flexibility index (Phi) is 5.19. The summed E-state index contributed by atoms with van der Waals surface area (Å²) in [5, 5.41) is 2.91. The first-order valence-electron chi connectivity index (χ1n) is 9.87. The number of aromatic nitrogens is 2. The zero-order chi connectivity index (χ0) is 21.5. The van der Waals surface area contributed by atoms with Crippen LogP contribution in [-0.2, 0) is 4.79 Å². The maximum Gasteiger partial charge on any atom is 0.255 e. The summed E-state index contributed by atoms with van der Waals surface area (Å²) in [6, 6.07) is 10.6. The molecule has 2 aromatic carbocycles. The number of hydrogen-bond acceptors (Lipinski definition) is 6. The monoisotopic (exact) mass is 424 g/mol. The van der Waals surface area contributed by atoms with Gasteiger partial charge in [0.2, 0.25) is 5.91 Å². The molecule has 0 fully saturated rings. The number of amides is 2. The summed E-state index contributed by atoms with van der Waals surface area (Å²) in [7, 11) is 0. The first kappa shape index (κ1) is 20.3.